The first-order chi connectivity index (χ1) is 7.11. The molecule has 3 nitrogen and oxygen atoms in total. The fourth-order valence-corrected chi connectivity index (χ4v) is 3.28. The molecule has 1 aliphatic heterocycles. The van der Waals surface area contributed by atoms with Crippen LogP contribution < -0.4 is 5.32 Å². The van der Waals surface area contributed by atoms with Gasteiger partial charge in [-0.25, -0.2) is 0 Å². The predicted octanol–water partition coefficient (Wildman–Crippen LogP) is 2.26. The van der Waals surface area contributed by atoms with Crippen LogP contribution >= 0.6 is 33.9 Å². The first-order valence-electron chi connectivity index (χ1n) is 4.74. The molecule has 2 rings (SSSR count). The first-order valence-corrected chi connectivity index (χ1v) is 6.70. The average molecular weight is 337 g/mol. The van der Waals surface area contributed by atoms with Gasteiger partial charge in [-0.15, -0.1) is 11.3 Å². The van der Waals surface area contributed by atoms with Crippen molar-refractivity contribution in [2.45, 2.75) is 18.9 Å². The Kier molecular flexibility index (Phi) is 3.32. The number of hydrogen-bond donors (Lipinski definition) is 1. The Balaban J connectivity index is 2.07. The van der Waals surface area contributed by atoms with Gasteiger partial charge in [0.25, 0.3) is 5.91 Å². The molecule has 0 aliphatic carbocycles. The summed E-state index contributed by atoms with van der Waals surface area (Å²) in [5, 5.41) is 4.97. The van der Waals surface area contributed by atoms with E-state index in [4.69, 9.17) is 4.74 Å². The smallest absolute Gasteiger partial charge is 0.262 e. The van der Waals surface area contributed by atoms with E-state index in [2.05, 4.69) is 27.9 Å². The summed E-state index contributed by atoms with van der Waals surface area (Å²) >= 11 is 3.66. The molecule has 82 valence electrons. The molecule has 1 N–H and O–H groups in total. The number of rotatable bonds is 2. The molecule has 0 aromatic carbocycles. The minimum atomic E-state index is -0.190. The molecule has 0 radical (unpaired) electrons. The van der Waals surface area contributed by atoms with Gasteiger partial charge in [-0.05, 0) is 47.4 Å². The Labute approximate surface area is 106 Å². The zero-order valence-electron chi connectivity index (χ0n) is 8.38. The highest BCUT2D eigenvalue weighted by Crippen LogP contribution is 2.22. The highest BCUT2D eigenvalue weighted by atomic mass is 127. The SMILES string of the molecule is CC1(NC(=O)c2sccc2I)CCOC1. The van der Waals surface area contributed by atoms with Crippen LogP contribution in [0.25, 0.3) is 0 Å². The molecule has 1 aromatic heterocycles. The summed E-state index contributed by atoms with van der Waals surface area (Å²) < 4.78 is 6.31. The summed E-state index contributed by atoms with van der Waals surface area (Å²) in [5.41, 5.74) is -0.190. The lowest BCUT2D eigenvalue weighted by molar-refractivity contribution is 0.0893. The number of halogens is 1. The quantitative estimate of drug-likeness (QED) is 0.841. The Morgan fingerprint density at radius 2 is 2.53 bits per heavy atom. The second-order valence-electron chi connectivity index (χ2n) is 3.92. The highest BCUT2D eigenvalue weighted by molar-refractivity contribution is 14.1. The van der Waals surface area contributed by atoms with Crippen LogP contribution in [0.2, 0.25) is 0 Å². The van der Waals surface area contributed by atoms with Crippen LogP contribution in [0.5, 0.6) is 0 Å². The minimum Gasteiger partial charge on any atom is -0.379 e. The van der Waals surface area contributed by atoms with Crippen molar-refractivity contribution in [2.24, 2.45) is 0 Å². The highest BCUT2D eigenvalue weighted by Gasteiger charge is 2.32. The van der Waals surface area contributed by atoms with Crippen molar-refractivity contribution < 1.29 is 9.53 Å². The lowest BCUT2D eigenvalue weighted by Gasteiger charge is -2.23. The van der Waals surface area contributed by atoms with E-state index in [-0.39, 0.29) is 11.4 Å². The molecule has 1 aliphatic rings. The third-order valence-corrected chi connectivity index (χ3v) is 4.64. The van der Waals surface area contributed by atoms with Crippen molar-refractivity contribution in [2.75, 3.05) is 13.2 Å². The molecule has 0 saturated carbocycles. The monoisotopic (exact) mass is 337 g/mol. The zero-order chi connectivity index (χ0) is 10.9. The van der Waals surface area contributed by atoms with E-state index in [0.29, 0.717) is 6.61 Å². The van der Waals surface area contributed by atoms with E-state index in [1.165, 1.54) is 11.3 Å². The maximum Gasteiger partial charge on any atom is 0.262 e. The Morgan fingerprint density at radius 1 is 1.73 bits per heavy atom. The lowest BCUT2D eigenvalue weighted by Crippen LogP contribution is -2.46. The average Bonchev–Trinajstić information content (AvgIpc) is 2.74. The molecule has 1 amide bonds. The number of carbonyl (C=O) groups is 1. The van der Waals surface area contributed by atoms with Crippen molar-refractivity contribution in [3.05, 3.63) is 19.9 Å². The summed E-state index contributed by atoms with van der Waals surface area (Å²) in [6.07, 6.45) is 0.890. The van der Waals surface area contributed by atoms with E-state index in [0.717, 1.165) is 21.5 Å². The number of amides is 1. The summed E-state index contributed by atoms with van der Waals surface area (Å²) in [5.74, 6) is 0.0161. The molecule has 1 unspecified atom stereocenters. The summed E-state index contributed by atoms with van der Waals surface area (Å²) in [6, 6.07) is 1.95. The summed E-state index contributed by atoms with van der Waals surface area (Å²) in [7, 11) is 0. The van der Waals surface area contributed by atoms with E-state index in [1.807, 2.05) is 18.4 Å². The molecule has 0 spiro atoms. The van der Waals surface area contributed by atoms with Gasteiger partial charge in [0.2, 0.25) is 0 Å². The van der Waals surface area contributed by atoms with Crippen LogP contribution in [0.3, 0.4) is 0 Å². The number of nitrogens with one attached hydrogen (secondary N) is 1. The standard InChI is InChI=1S/C10H12INO2S/c1-10(3-4-14-6-10)12-9(13)8-7(11)2-5-15-8/h2,5H,3-4,6H2,1H3,(H,12,13). The Morgan fingerprint density at radius 3 is 3.07 bits per heavy atom. The third-order valence-electron chi connectivity index (χ3n) is 2.46. The molecule has 15 heavy (non-hydrogen) atoms. The summed E-state index contributed by atoms with van der Waals surface area (Å²) in [6.45, 7) is 3.37. The van der Waals surface area contributed by atoms with Gasteiger partial charge in [0.05, 0.1) is 12.1 Å². The van der Waals surface area contributed by atoms with E-state index in [9.17, 15) is 4.79 Å². The largest absolute Gasteiger partial charge is 0.379 e. The molecule has 1 fully saturated rings. The number of thiophene rings is 1. The van der Waals surface area contributed by atoms with Gasteiger partial charge in [-0.2, -0.15) is 0 Å². The van der Waals surface area contributed by atoms with Gasteiger partial charge in [0.1, 0.15) is 4.88 Å². The maximum absolute atomic E-state index is 11.9. The molecule has 2 heterocycles. The second kappa shape index (κ2) is 4.39. The van der Waals surface area contributed by atoms with E-state index < -0.39 is 0 Å². The predicted molar refractivity (Wildman–Crippen MR) is 68.3 cm³/mol. The van der Waals surface area contributed by atoms with Gasteiger partial charge in [0.15, 0.2) is 0 Å². The lowest BCUT2D eigenvalue weighted by atomic mass is 10.0. The van der Waals surface area contributed by atoms with Crippen molar-refractivity contribution in [3.8, 4) is 0 Å². The van der Waals surface area contributed by atoms with Crippen LogP contribution in [-0.4, -0.2) is 24.7 Å². The van der Waals surface area contributed by atoms with Crippen molar-refractivity contribution in [1.82, 2.24) is 5.32 Å². The molecule has 5 heteroatoms. The van der Waals surface area contributed by atoms with Crippen molar-refractivity contribution in [3.63, 3.8) is 0 Å². The summed E-state index contributed by atoms with van der Waals surface area (Å²) in [4.78, 5) is 12.7. The van der Waals surface area contributed by atoms with Crippen LogP contribution in [0, 0.1) is 3.57 Å². The molecule has 1 atom stereocenters. The Bertz CT molecular complexity index is 371. The molecule has 0 bridgehead atoms. The van der Waals surface area contributed by atoms with E-state index >= 15 is 0 Å². The number of carbonyl (C=O) groups excluding carboxylic acids is 1. The fourth-order valence-electron chi connectivity index (χ4n) is 1.55. The van der Waals surface area contributed by atoms with Gasteiger partial charge < -0.3 is 10.1 Å². The van der Waals surface area contributed by atoms with Crippen molar-refractivity contribution >= 4 is 39.8 Å². The minimum absolute atomic E-state index is 0.0161. The molecule has 1 saturated heterocycles. The van der Waals surface area contributed by atoms with Crippen LogP contribution in [0.15, 0.2) is 11.4 Å². The molecular weight excluding hydrogens is 325 g/mol. The second-order valence-corrected chi connectivity index (χ2v) is 5.99. The van der Waals surface area contributed by atoms with Crippen LogP contribution in [0.1, 0.15) is 23.0 Å². The Hall–Kier alpha value is -0.140. The van der Waals surface area contributed by atoms with Crippen molar-refractivity contribution in [1.29, 1.82) is 0 Å². The molecular formula is C10H12INO2S. The normalized spacial score (nSPS) is 25.5. The number of hydrogen-bond acceptors (Lipinski definition) is 3. The van der Waals surface area contributed by atoms with E-state index in [1.54, 1.807) is 0 Å². The fraction of sp³-hybridized carbons (Fsp3) is 0.500. The number of ether oxygens (including phenoxy) is 1. The van der Waals surface area contributed by atoms with Gasteiger partial charge in [-0.1, -0.05) is 0 Å². The van der Waals surface area contributed by atoms with Gasteiger partial charge in [0, 0.05) is 10.2 Å². The molecule has 1 aromatic rings. The zero-order valence-corrected chi connectivity index (χ0v) is 11.4. The van der Waals surface area contributed by atoms with Crippen LogP contribution in [0.4, 0.5) is 0 Å². The van der Waals surface area contributed by atoms with Crippen LogP contribution in [-0.2, 0) is 4.74 Å². The third kappa shape index (κ3) is 2.51. The van der Waals surface area contributed by atoms with Gasteiger partial charge >= 0.3 is 0 Å². The topological polar surface area (TPSA) is 38.3 Å². The maximum atomic E-state index is 11.9. The van der Waals surface area contributed by atoms with Gasteiger partial charge in [-0.3, -0.25) is 4.79 Å². The first kappa shape index (κ1) is 11.3.